The summed E-state index contributed by atoms with van der Waals surface area (Å²) in [5.74, 6) is 0.110. The van der Waals surface area contributed by atoms with Crippen LogP contribution in [-0.2, 0) is 18.5 Å². The third kappa shape index (κ3) is 2.78. The van der Waals surface area contributed by atoms with Crippen LogP contribution >= 0.6 is 22.6 Å². The molecule has 0 spiro atoms. The first-order chi connectivity index (χ1) is 10.4. The average Bonchev–Trinajstić information content (AvgIpc) is 2.90. The second kappa shape index (κ2) is 5.68. The molecule has 0 saturated heterocycles. The highest BCUT2D eigenvalue weighted by atomic mass is 127. The van der Waals surface area contributed by atoms with E-state index in [-0.39, 0.29) is 11.4 Å². The van der Waals surface area contributed by atoms with Crippen LogP contribution in [0.5, 0.6) is 0 Å². The molecule has 1 aliphatic heterocycles. The molecule has 0 radical (unpaired) electrons. The number of halogens is 1. The number of carbonyl (C=O) groups excluding carboxylic acids is 1. The number of fused-ring (bicyclic) bond motifs is 1. The molecular formula is C17H20IN3O. The Morgan fingerprint density at radius 2 is 2.00 bits per heavy atom. The zero-order chi connectivity index (χ0) is 15.9. The number of rotatable bonds is 1. The van der Waals surface area contributed by atoms with E-state index >= 15 is 0 Å². The normalized spacial score (nSPS) is 14.8. The van der Waals surface area contributed by atoms with Crippen LogP contribution in [0.2, 0.25) is 0 Å². The SMILES string of the molecule is CC(C)(C)n1ncc2c1CCN(C(=O)c1ccccc1I)C2. The first kappa shape index (κ1) is 15.5. The zero-order valence-corrected chi connectivity index (χ0v) is 15.3. The van der Waals surface area contributed by atoms with Gasteiger partial charge in [0.1, 0.15) is 0 Å². The van der Waals surface area contributed by atoms with Crippen LogP contribution in [0.4, 0.5) is 0 Å². The van der Waals surface area contributed by atoms with Crippen molar-refractivity contribution >= 4 is 28.5 Å². The third-order valence-electron chi connectivity index (χ3n) is 3.96. The minimum absolute atomic E-state index is 0.0193. The van der Waals surface area contributed by atoms with Crippen molar-refractivity contribution < 1.29 is 4.79 Å². The van der Waals surface area contributed by atoms with Gasteiger partial charge in [0.15, 0.2) is 0 Å². The van der Waals surface area contributed by atoms with E-state index in [1.807, 2.05) is 35.4 Å². The molecule has 116 valence electrons. The fraction of sp³-hybridized carbons (Fsp3) is 0.412. The largest absolute Gasteiger partial charge is 0.334 e. The van der Waals surface area contributed by atoms with E-state index in [2.05, 4.69) is 53.1 Å². The summed E-state index contributed by atoms with van der Waals surface area (Å²) in [5, 5.41) is 4.53. The predicted molar refractivity (Wildman–Crippen MR) is 94.8 cm³/mol. The van der Waals surface area contributed by atoms with E-state index in [0.29, 0.717) is 6.54 Å². The lowest BCUT2D eigenvalue weighted by molar-refractivity contribution is 0.0731. The highest BCUT2D eigenvalue weighted by molar-refractivity contribution is 14.1. The van der Waals surface area contributed by atoms with Crippen LogP contribution in [0, 0.1) is 3.57 Å². The second-order valence-electron chi connectivity index (χ2n) is 6.66. The van der Waals surface area contributed by atoms with E-state index < -0.39 is 0 Å². The Kier molecular flexibility index (Phi) is 4.01. The Morgan fingerprint density at radius 3 is 2.68 bits per heavy atom. The van der Waals surface area contributed by atoms with Gasteiger partial charge in [-0.25, -0.2) is 0 Å². The molecule has 3 rings (SSSR count). The van der Waals surface area contributed by atoms with Gasteiger partial charge in [-0.05, 0) is 55.5 Å². The molecule has 0 saturated carbocycles. The summed E-state index contributed by atoms with van der Waals surface area (Å²) in [4.78, 5) is 14.7. The van der Waals surface area contributed by atoms with Crippen LogP contribution in [0.15, 0.2) is 30.5 Å². The minimum Gasteiger partial charge on any atom is -0.334 e. The van der Waals surface area contributed by atoms with Gasteiger partial charge in [-0.3, -0.25) is 9.48 Å². The van der Waals surface area contributed by atoms with Gasteiger partial charge in [0.2, 0.25) is 0 Å². The van der Waals surface area contributed by atoms with Gasteiger partial charge in [-0.2, -0.15) is 5.10 Å². The van der Waals surface area contributed by atoms with Gasteiger partial charge in [0, 0.05) is 34.3 Å². The number of amides is 1. The molecule has 0 N–H and O–H groups in total. The predicted octanol–water partition coefficient (Wildman–Crippen LogP) is 3.44. The maximum Gasteiger partial charge on any atom is 0.255 e. The highest BCUT2D eigenvalue weighted by Crippen LogP contribution is 2.25. The smallest absolute Gasteiger partial charge is 0.255 e. The van der Waals surface area contributed by atoms with Crippen molar-refractivity contribution in [1.82, 2.24) is 14.7 Å². The number of carbonyl (C=O) groups is 1. The van der Waals surface area contributed by atoms with Crippen molar-refractivity contribution in [2.45, 2.75) is 39.3 Å². The molecule has 1 aliphatic rings. The molecule has 2 heterocycles. The quantitative estimate of drug-likeness (QED) is 0.677. The third-order valence-corrected chi connectivity index (χ3v) is 4.90. The summed E-state index contributed by atoms with van der Waals surface area (Å²) in [5.41, 5.74) is 3.20. The van der Waals surface area contributed by atoms with E-state index in [4.69, 9.17) is 0 Å². The summed E-state index contributed by atoms with van der Waals surface area (Å²) >= 11 is 2.22. The van der Waals surface area contributed by atoms with Crippen LogP contribution in [0.1, 0.15) is 42.4 Å². The summed E-state index contributed by atoms with van der Waals surface area (Å²) in [6.45, 7) is 7.87. The van der Waals surface area contributed by atoms with Crippen molar-refractivity contribution in [3.63, 3.8) is 0 Å². The van der Waals surface area contributed by atoms with Crippen molar-refractivity contribution in [2.75, 3.05) is 6.54 Å². The molecule has 0 atom stereocenters. The fourth-order valence-corrected chi connectivity index (χ4v) is 3.51. The summed E-state index contributed by atoms with van der Waals surface area (Å²) in [7, 11) is 0. The Hall–Kier alpha value is -1.37. The maximum atomic E-state index is 12.7. The van der Waals surface area contributed by atoms with Crippen LogP contribution < -0.4 is 0 Å². The molecule has 2 aromatic rings. The highest BCUT2D eigenvalue weighted by Gasteiger charge is 2.28. The second-order valence-corrected chi connectivity index (χ2v) is 7.82. The molecule has 0 bridgehead atoms. The molecule has 0 unspecified atom stereocenters. The monoisotopic (exact) mass is 409 g/mol. The van der Waals surface area contributed by atoms with Crippen LogP contribution in [0.3, 0.4) is 0 Å². The van der Waals surface area contributed by atoms with Crippen LogP contribution in [-0.4, -0.2) is 27.1 Å². The van der Waals surface area contributed by atoms with Gasteiger partial charge in [-0.1, -0.05) is 12.1 Å². The van der Waals surface area contributed by atoms with Gasteiger partial charge >= 0.3 is 0 Å². The van der Waals surface area contributed by atoms with Gasteiger partial charge in [-0.15, -0.1) is 0 Å². The van der Waals surface area contributed by atoms with Gasteiger partial charge in [0.25, 0.3) is 5.91 Å². The van der Waals surface area contributed by atoms with Crippen molar-refractivity contribution in [2.24, 2.45) is 0 Å². The fourth-order valence-electron chi connectivity index (χ4n) is 2.89. The number of hydrogen-bond acceptors (Lipinski definition) is 2. The molecule has 1 aromatic carbocycles. The molecule has 4 nitrogen and oxygen atoms in total. The molecule has 22 heavy (non-hydrogen) atoms. The Labute approximate surface area is 144 Å². The van der Waals surface area contributed by atoms with Gasteiger partial charge < -0.3 is 4.90 Å². The first-order valence-corrected chi connectivity index (χ1v) is 8.56. The Bertz CT molecular complexity index is 715. The van der Waals surface area contributed by atoms with Gasteiger partial charge in [0.05, 0.1) is 17.3 Å². The molecule has 0 aliphatic carbocycles. The summed E-state index contributed by atoms with van der Waals surface area (Å²) in [6.07, 6.45) is 2.78. The number of hydrogen-bond donors (Lipinski definition) is 0. The first-order valence-electron chi connectivity index (χ1n) is 7.48. The van der Waals surface area contributed by atoms with Crippen LogP contribution in [0.25, 0.3) is 0 Å². The van der Waals surface area contributed by atoms with Crippen molar-refractivity contribution in [3.05, 3.63) is 50.9 Å². The molecule has 5 heteroatoms. The standard InChI is InChI=1S/C17H20IN3O/c1-17(2,3)21-15-8-9-20(11-12(15)10-19-21)16(22)13-6-4-5-7-14(13)18/h4-7,10H,8-9,11H2,1-3H3. The molecule has 1 amide bonds. The lowest BCUT2D eigenvalue weighted by Gasteiger charge is -2.30. The van der Waals surface area contributed by atoms with E-state index in [1.165, 1.54) is 11.3 Å². The lowest BCUT2D eigenvalue weighted by Crippen LogP contribution is -2.37. The average molecular weight is 409 g/mol. The van der Waals surface area contributed by atoms with E-state index in [9.17, 15) is 4.79 Å². The topological polar surface area (TPSA) is 38.1 Å². The summed E-state index contributed by atoms with van der Waals surface area (Å²) < 4.78 is 3.09. The van der Waals surface area contributed by atoms with E-state index in [0.717, 1.165) is 22.1 Å². The Balaban J connectivity index is 1.85. The Morgan fingerprint density at radius 1 is 1.27 bits per heavy atom. The minimum atomic E-state index is -0.0193. The number of nitrogens with zero attached hydrogens (tertiary/aromatic N) is 3. The number of aromatic nitrogens is 2. The van der Waals surface area contributed by atoms with Crippen molar-refractivity contribution in [1.29, 1.82) is 0 Å². The zero-order valence-electron chi connectivity index (χ0n) is 13.1. The van der Waals surface area contributed by atoms with E-state index in [1.54, 1.807) is 0 Å². The number of benzene rings is 1. The molecule has 1 aromatic heterocycles. The lowest BCUT2D eigenvalue weighted by atomic mass is 10.0. The molecular weight excluding hydrogens is 389 g/mol. The summed E-state index contributed by atoms with van der Waals surface area (Å²) in [6, 6.07) is 7.75. The molecule has 0 fully saturated rings. The van der Waals surface area contributed by atoms with Crippen molar-refractivity contribution in [3.8, 4) is 0 Å². The maximum absolute atomic E-state index is 12.7.